The first kappa shape index (κ1) is 21.1. The average Bonchev–Trinajstić information content (AvgIpc) is 3.25. The van der Waals surface area contributed by atoms with E-state index in [-0.39, 0.29) is 12.6 Å². The van der Waals surface area contributed by atoms with Crippen LogP contribution in [-0.2, 0) is 11.2 Å². The first-order valence-electron chi connectivity index (χ1n) is 9.78. The maximum absolute atomic E-state index is 13.8. The van der Waals surface area contributed by atoms with E-state index >= 15 is 0 Å². The molecular formula is C23H25F2N2OS+. The Labute approximate surface area is 173 Å². The number of para-hydroxylation sites is 1. The molecule has 0 aliphatic heterocycles. The molecule has 0 saturated heterocycles. The molecule has 0 unspecified atom stereocenters. The third kappa shape index (κ3) is 5.71. The largest absolute Gasteiger partial charge is 0.328 e. The number of unbranched alkanes of at least 4 members (excludes halogenated alkanes) is 1. The van der Waals surface area contributed by atoms with Gasteiger partial charge in [0.1, 0.15) is 23.4 Å². The number of aryl methyl sites for hydroxylation is 1. The highest BCUT2D eigenvalue weighted by molar-refractivity contribution is 7.10. The number of quaternary nitrogens is 1. The van der Waals surface area contributed by atoms with Crippen LogP contribution in [0.4, 0.5) is 14.5 Å². The van der Waals surface area contributed by atoms with Gasteiger partial charge in [0.2, 0.25) is 0 Å². The summed E-state index contributed by atoms with van der Waals surface area (Å²) in [7, 11) is 0. The second-order valence-corrected chi connectivity index (χ2v) is 7.90. The monoisotopic (exact) mass is 415 g/mol. The zero-order chi connectivity index (χ0) is 20.6. The van der Waals surface area contributed by atoms with E-state index in [4.69, 9.17) is 0 Å². The van der Waals surface area contributed by atoms with Crippen molar-refractivity contribution in [1.82, 2.24) is 0 Å². The number of hydrogen-bond acceptors (Lipinski definition) is 2. The number of hydrogen-bond donors (Lipinski definition) is 2. The van der Waals surface area contributed by atoms with Gasteiger partial charge in [-0.05, 0) is 42.0 Å². The predicted octanol–water partition coefficient (Wildman–Crippen LogP) is 4.66. The van der Waals surface area contributed by atoms with Crippen LogP contribution in [0.3, 0.4) is 0 Å². The fourth-order valence-corrected chi connectivity index (χ4v) is 4.04. The second kappa shape index (κ2) is 10.3. The predicted molar refractivity (Wildman–Crippen MR) is 113 cm³/mol. The summed E-state index contributed by atoms with van der Waals surface area (Å²) >= 11 is 1.62. The van der Waals surface area contributed by atoms with E-state index in [2.05, 4.69) is 36.5 Å². The summed E-state index contributed by atoms with van der Waals surface area (Å²) in [6.07, 6.45) is 3.37. The molecule has 1 heterocycles. The van der Waals surface area contributed by atoms with Crippen LogP contribution >= 0.6 is 11.3 Å². The molecule has 3 nitrogen and oxygen atoms in total. The van der Waals surface area contributed by atoms with Gasteiger partial charge in [0, 0.05) is 5.56 Å². The number of nitrogens with one attached hydrogen (secondary N) is 1. The molecule has 0 aliphatic rings. The van der Waals surface area contributed by atoms with E-state index in [9.17, 15) is 13.6 Å². The Kier molecular flexibility index (Phi) is 7.49. The zero-order valence-corrected chi connectivity index (χ0v) is 17.1. The molecule has 3 N–H and O–H groups in total. The molecule has 0 aliphatic carbocycles. The fraction of sp³-hybridized carbons (Fsp3) is 0.261. The van der Waals surface area contributed by atoms with Gasteiger partial charge in [-0.15, -0.1) is 11.3 Å². The number of benzene rings is 2. The van der Waals surface area contributed by atoms with Gasteiger partial charge in [-0.25, -0.2) is 8.78 Å². The molecule has 0 radical (unpaired) electrons. The molecule has 2 aromatic carbocycles. The van der Waals surface area contributed by atoms with E-state index in [1.807, 2.05) is 22.8 Å². The Hall–Kier alpha value is -2.57. The van der Waals surface area contributed by atoms with Crippen LogP contribution in [0.5, 0.6) is 0 Å². The van der Waals surface area contributed by atoms with Gasteiger partial charge in [0.25, 0.3) is 5.91 Å². The molecule has 1 aromatic heterocycles. The minimum Gasteiger partial charge on any atom is -0.328 e. The lowest BCUT2D eigenvalue weighted by atomic mass is 10.0. The van der Waals surface area contributed by atoms with Crippen LogP contribution in [-0.4, -0.2) is 12.5 Å². The van der Waals surface area contributed by atoms with Crippen molar-refractivity contribution in [2.24, 2.45) is 0 Å². The van der Waals surface area contributed by atoms with Crippen LogP contribution in [0.2, 0.25) is 0 Å². The zero-order valence-electron chi connectivity index (χ0n) is 16.3. The third-order valence-corrected chi connectivity index (χ3v) is 5.73. The number of carbonyl (C=O) groups excluding carboxylic acids is 1. The van der Waals surface area contributed by atoms with Crippen molar-refractivity contribution in [3.63, 3.8) is 0 Å². The third-order valence-electron chi connectivity index (χ3n) is 4.77. The summed E-state index contributed by atoms with van der Waals surface area (Å²) < 4.78 is 27.5. The summed E-state index contributed by atoms with van der Waals surface area (Å²) in [6.45, 7) is 2.22. The van der Waals surface area contributed by atoms with Crippen LogP contribution in [0, 0.1) is 11.6 Å². The van der Waals surface area contributed by atoms with Gasteiger partial charge >= 0.3 is 0 Å². The molecule has 3 rings (SSSR count). The molecule has 29 heavy (non-hydrogen) atoms. The van der Waals surface area contributed by atoms with Crippen molar-refractivity contribution in [2.75, 3.05) is 11.9 Å². The Morgan fingerprint density at radius 1 is 1.07 bits per heavy atom. The summed E-state index contributed by atoms with van der Waals surface area (Å²) in [5.74, 6) is -2.01. The Bertz CT molecular complexity index is 906. The van der Waals surface area contributed by atoms with Crippen molar-refractivity contribution in [2.45, 2.75) is 32.2 Å². The molecule has 0 fully saturated rings. The summed E-state index contributed by atoms with van der Waals surface area (Å²) in [6, 6.07) is 15.9. The summed E-state index contributed by atoms with van der Waals surface area (Å²) in [5.41, 5.74) is 1.99. The molecule has 1 amide bonds. The lowest BCUT2D eigenvalue weighted by molar-refractivity contribution is -0.675. The maximum atomic E-state index is 13.8. The first-order valence-corrected chi connectivity index (χ1v) is 10.7. The van der Waals surface area contributed by atoms with E-state index in [0.717, 1.165) is 41.8 Å². The number of carbonyl (C=O) groups is 1. The van der Waals surface area contributed by atoms with E-state index < -0.39 is 23.2 Å². The highest BCUT2D eigenvalue weighted by Crippen LogP contribution is 2.23. The van der Waals surface area contributed by atoms with Crippen molar-refractivity contribution in [3.05, 3.63) is 87.6 Å². The fourth-order valence-electron chi connectivity index (χ4n) is 3.19. The average molecular weight is 416 g/mol. The van der Waals surface area contributed by atoms with Crippen molar-refractivity contribution in [1.29, 1.82) is 0 Å². The normalized spacial score (nSPS) is 12.0. The van der Waals surface area contributed by atoms with Crippen molar-refractivity contribution < 1.29 is 18.9 Å². The first-order chi connectivity index (χ1) is 14.1. The molecular weight excluding hydrogens is 390 g/mol. The van der Waals surface area contributed by atoms with Gasteiger partial charge in [-0.1, -0.05) is 49.7 Å². The SMILES string of the molecule is CCCCc1ccc([C@H]([NH2+]CC(=O)Nc2c(F)cccc2F)c2cccs2)cc1. The van der Waals surface area contributed by atoms with Crippen LogP contribution in [0.1, 0.15) is 41.8 Å². The second-order valence-electron chi connectivity index (χ2n) is 6.92. The summed E-state index contributed by atoms with van der Waals surface area (Å²) in [4.78, 5) is 13.4. The Balaban J connectivity index is 1.69. The molecule has 0 bridgehead atoms. The Morgan fingerprint density at radius 2 is 1.79 bits per heavy atom. The number of thiophene rings is 1. The number of rotatable bonds is 9. The van der Waals surface area contributed by atoms with E-state index in [1.165, 1.54) is 11.6 Å². The molecule has 152 valence electrons. The molecule has 6 heteroatoms. The standard InChI is InChI=1S/C23H24F2N2OS/c1-2-3-6-16-10-12-17(13-11-16)22(20-9-5-14-29-20)26-15-21(28)27-23-18(24)7-4-8-19(23)25/h4-5,7-14,22,26H,2-3,6,15H2,1H3,(H,27,28)/p+1/t22-/m0/s1. The van der Waals surface area contributed by atoms with Crippen LogP contribution in [0.15, 0.2) is 60.0 Å². The number of halogens is 2. The van der Waals surface area contributed by atoms with Crippen molar-refractivity contribution in [3.8, 4) is 0 Å². The minimum atomic E-state index is -0.782. The van der Waals surface area contributed by atoms with Gasteiger partial charge < -0.3 is 10.6 Å². The van der Waals surface area contributed by atoms with E-state index in [1.54, 1.807) is 11.3 Å². The maximum Gasteiger partial charge on any atom is 0.279 e. The number of anilines is 1. The molecule has 0 spiro atoms. The lowest BCUT2D eigenvalue weighted by Crippen LogP contribution is -2.87. The highest BCUT2D eigenvalue weighted by atomic mass is 32.1. The summed E-state index contributed by atoms with van der Waals surface area (Å²) in [5, 5.41) is 6.24. The topological polar surface area (TPSA) is 45.7 Å². The van der Waals surface area contributed by atoms with Crippen LogP contribution < -0.4 is 10.6 Å². The van der Waals surface area contributed by atoms with Gasteiger partial charge in [0.15, 0.2) is 6.54 Å². The lowest BCUT2D eigenvalue weighted by Gasteiger charge is -2.15. The van der Waals surface area contributed by atoms with Crippen molar-refractivity contribution >= 4 is 22.9 Å². The minimum absolute atomic E-state index is 0.0495. The molecule has 3 aromatic rings. The van der Waals surface area contributed by atoms with Gasteiger partial charge in [0.05, 0.1) is 4.88 Å². The van der Waals surface area contributed by atoms with Gasteiger partial charge in [-0.3, -0.25) is 4.79 Å². The number of nitrogens with two attached hydrogens (primary N) is 1. The smallest absolute Gasteiger partial charge is 0.279 e. The molecule has 0 saturated carbocycles. The number of amides is 1. The Morgan fingerprint density at radius 3 is 2.41 bits per heavy atom. The quantitative estimate of drug-likeness (QED) is 0.525. The molecule has 1 atom stereocenters. The van der Waals surface area contributed by atoms with Crippen LogP contribution in [0.25, 0.3) is 0 Å². The van der Waals surface area contributed by atoms with E-state index in [0.29, 0.717) is 0 Å². The van der Waals surface area contributed by atoms with Gasteiger partial charge in [-0.2, -0.15) is 0 Å². The highest BCUT2D eigenvalue weighted by Gasteiger charge is 2.21.